The summed E-state index contributed by atoms with van der Waals surface area (Å²) in [5, 5.41) is 13.1. The summed E-state index contributed by atoms with van der Waals surface area (Å²) in [7, 11) is 1.77. The summed E-state index contributed by atoms with van der Waals surface area (Å²) >= 11 is 1.46. The molecule has 124 valence electrons. The van der Waals surface area contributed by atoms with Crippen molar-refractivity contribution in [2.45, 2.75) is 19.9 Å². The van der Waals surface area contributed by atoms with Crippen LogP contribution in [0.15, 0.2) is 22.7 Å². The van der Waals surface area contributed by atoms with Crippen molar-refractivity contribution in [2.75, 3.05) is 0 Å². The molecule has 0 aliphatic rings. The summed E-state index contributed by atoms with van der Waals surface area (Å²) in [6.07, 6.45) is 2.79. The highest BCUT2D eigenvalue weighted by atomic mass is 32.1. The molecule has 0 saturated carbocycles. The van der Waals surface area contributed by atoms with E-state index in [4.69, 9.17) is 0 Å². The summed E-state index contributed by atoms with van der Waals surface area (Å²) in [5.74, 6) is 0.393. The molecule has 2 N–H and O–H groups in total. The minimum Gasteiger partial charge on any atom is -0.342 e. The number of carbonyl (C=O) groups excluding carboxylic acids is 1. The second-order valence-corrected chi connectivity index (χ2v) is 6.28. The number of carbonyl (C=O) groups is 1. The molecule has 0 aromatic carbocycles. The van der Waals surface area contributed by atoms with Crippen LogP contribution in [0, 0.1) is 6.92 Å². The van der Waals surface area contributed by atoms with Gasteiger partial charge in [0.05, 0.1) is 11.0 Å². The van der Waals surface area contributed by atoms with Crippen LogP contribution in [0.5, 0.6) is 0 Å². The average molecular weight is 345 g/mol. The molecule has 3 heterocycles. The number of nitrogens with one attached hydrogen (secondary N) is 2. The molecule has 1 amide bonds. The van der Waals surface area contributed by atoms with E-state index in [0.717, 1.165) is 5.01 Å². The fourth-order valence-electron chi connectivity index (χ4n) is 2.18. The summed E-state index contributed by atoms with van der Waals surface area (Å²) in [6.45, 7) is 3.62. The van der Waals surface area contributed by atoms with Crippen molar-refractivity contribution >= 4 is 17.2 Å². The van der Waals surface area contributed by atoms with Crippen molar-refractivity contribution < 1.29 is 4.79 Å². The van der Waals surface area contributed by atoms with E-state index < -0.39 is 17.5 Å². The first-order chi connectivity index (χ1) is 11.5. The Morgan fingerprint density at radius 3 is 2.83 bits per heavy atom. The van der Waals surface area contributed by atoms with Gasteiger partial charge in [0.2, 0.25) is 0 Å². The first-order valence-electron chi connectivity index (χ1n) is 7.12. The van der Waals surface area contributed by atoms with Crippen LogP contribution < -0.4 is 10.9 Å². The van der Waals surface area contributed by atoms with E-state index in [0.29, 0.717) is 17.3 Å². The second-order valence-electron chi connectivity index (χ2n) is 5.22. The highest BCUT2D eigenvalue weighted by Gasteiger charge is 2.18. The van der Waals surface area contributed by atoms with Gasteiger partial charge in [-0.3, -0.25) is 9.59 Å². The standard InChI is InChI=1S/C14H15N7O2S/c1-7(12-20-16-6-21(12)3)17-13(22)9-4-15-11(19-14(9)23)10-5-24-8(2)18-10/h4-7H,1-3H3,(H,17,22)(H,15,19,23)/t7-/m0/s1. The van der Waals surface area contributed by atoms with Crippen LogP contribution >= 0.6 is 11.3 Å². The van der Waals surface area contributed by atoms with E-state index in [2.05, 4.69) is 30.5 Å². The van der Waals surface area contributed by atoms with Crippen molar-refractivity contribution in [3.63, 3.8) is 0 Å². The minimum absolute atomic E-state index is 0.0697. The largest absolute Gasteiger partial charge is 0.342 e. The zero-order valence-electron chi connectivity index (χ0n) is 13.3. The third-order valence-corrected chi connectivity index (χ3v) is 4.16. The molecule has 0 aliphatic heterocycles. The first-order valence-corrected chi connectivity index (χ1v) is 8.00. The zero-order chi connectivity index (χ0) is 17.3. The van der Waals surface area contributed by atoms with Gasteiger partial charge in [0.15, 0.2) is 11.6 Å². The van der Waals surface area contributed by atoms with E-state index in [-0.39, 0.29) is 5.56 Å². The topological polar surface area (TPSA) is 118 Å². The third-order valence-electron chi connectivity index (χ3n) is 3.39. The van der Waals surface area contributed by atoms with Crippen LogP contribution in [0.25, 0.3) is 11.5 Å². The summed E-state index contributed by atoms with van der Waals surface area (Å²) in [5.41, 5.74) is -0.0120. The van der Waals surface area contributed by atoms with Gasteiger partial charge < -0.3 is 14.9 Å². The lowest BCUT2D eigenvalue weighted by atomic mass is 10.2. The highest BCUT2D eigenvalue weighted by Crippen LogP contribution is 2.16. The normalized spacial score (nSPS) is 12.1. The molecule has 9 nitrogen and oxygen atoms in total. The lowest BCUT2D eigenvalue weighted by molar-refractivity contribution is 0.0936. The Hall–Kier alpha value is -2.88. The van der Waals surface area contributed by atoms with Crippen LogP contribution in [0.4, 0.5) is 0 Å². The number of H-pyrrole nitrogens is 1. The van der Waals surface area contributed by atoms with E-state index >= 15 is 0 Å². The molecule has 0 unspecified atom stereocenters. The van der Waals surface area contributed by atoms with E-state index in [1.807, 2.05) is 6.92 Å². The fraction of sp³-hybridized carbons (Fsp3) is 0.286. The number of thiazole rings is 1. The highest BCUT2D eigenvalue weighted by molar-refractivity contribution is 7.09. The molecule has 1 atom stereocenters. The maximum absolute atomic E-state index is 12.3. The minimum atomic E-state index is -0.528. The molecule has 0 bridgehead atoms. The number of aromatic nitrogens is 6. The Balaban J connectivity index is 1.81. The van der Waals surface area contributed by atoms with Gasteiger partial charge in [-0.1, -0.05) is 0 Å². The van der Waals surface area contributed by atoms with Gasteiger partial charge in [0, 0.05) is 18.6 Å². The zero-order valence-corrected chi connectivity index (χ0v) is 14.1. The number of rotatable bonds is 4. The number of nitrogens with zero attached hydrogens (tertiary/aromatic N) is 5. The molecule has 3 rings (SSSR count). The van der Waals surface area contributed by atoms with E-state index in [1.54, 1.807) is 23.9 Å². The predicted octanol–water partition coefficient (Wildman–Crippen LogP) is 0.821. The Bertz CT molecular complexity index is 943. The predicted molar refractivity (Wildman–Crippen MR) is 87.6 cm³/mol. The molecular weight excluding hydrogens is 330 g/mol. The Morgan fingerprint density at radius 2 is 2.25 bits per heavy atom. The molecule has 0 fully saturated rings. The lowest BCUT2D eigenvalue weighted by Crippen LogP contribution is -2.33. The monoisotopic (exact) mass is 345 g/mol. The van der Waals surface area contributed by atoms with Gasteiger partial charge in [-0.25, -0.2) is 9.97 Å². The van der Waals surface area contributed by atoms with Crippen molar-refractivity contribution in [3.8, 4) is 11.5 Å². The maximum atomic E-state index is 12.3. The van der Waals surface area contributed by atoms with Gasteiger partial charge in [-0.2, -0.15) is 0 Å². The maximum Gasteiger partial charge on any atom is 0.264 e. The Kier molecular flexibility index (Phi) is 4.21. The molecular formula is C14H15N7O2S. The number of aromatic amines is 1. The van der Waals surface area contributed by atoms with Crippen LogP contribution in [0.3, 0.4) is 0 Å². The SMILES string of the molecule is Cc1nc(-c2ncc(C(=O)N[C@@H](C)c3nncn3C)c(=O)[nH]2)cs1. The fourth-order valence-corrected chi connectivity index (χ4v) is 2.78. The average Bonchev–Trinajstić information content (AvgIpc) is 3.15. The van der Waals surface area contributed by atoms with Gasteiger partial charge in [0.25, 0.3) is 11.5 Å². The lowest BCUT2D eigenvalue weighted by Gasteiger charge is -2.12. The van der Waals surface area contributed by atoms with Gasteiger partial charge in [0.1, 0.15) is 17.6 Å². The van der Waals surface area contributed by atoms with Crippen molar-refractivity contribution in [2.24, 2.45) is 7.05 Å². The van der Waals surface area contributed by atoms with Crippen molar-refractivity contribution in [1.82, 2.24) is 35.0 Å². The Labute approximate surface area is 140 Å². The molecule has 10 heteroatoms. The van der Waals surface area contributed by atoms with Crippen molar-refractivity contribution in [1.29, 1.82) is 0 Å². The summed E-state index contributed by atoms with van der Waals surface area (Å²) in [4.78, 5) is 35.4. The quantitative estimate of drug-likeness (QED) is 0.723. The molecule has 0 saturated heterocycles. The summed E-state index contributed by atoms with van der Waals surface area (Å²) < 4.78 is 1.70. The molecule has 0 aliphatic carbocycles. The molecule has 3 aromatic heterocycles. The smallest absolute Gasteiger partial charge is 0.264 e. The van der Waals surface area contributed by atoms with Crippen LogP contribution in [0.1, 0.15) is 34.2 Å². The van der Waals surface area contributed by atoms with E-state index in [1.165, 1.54) is 23.9 Å². The second kappa shape index (κ2) is 6.32. The summed E-state index contributed by atoms with van der Waals surface area (Å²) in [6, 6.07) is -0.398. The molecule has 0 spiro atoms. The van der Waals surface area contributed by atoms with Crippen LogP contribution in [-0.4, -0.2) is 35.6 Å². The molecule has 3 aromatic rings. The third kappa shape index (κ3) is 3.08. The van der Waals surface area contributed by atoms with E-state index in [9.17, 15) is 9.59 Å². The first kappa shape index (κ1) is 16.0. The van der Waals surface area contributed by atoms with Crippen LogP contribution in [-0.2, 0) is 7.05 Å². The van der Waals surface area contributed by atoms with Crippen molar-refractivity contribution in [3.05, 3.63) is 44.7 Å². The van der Waals surface area contributed by atoms with Gasteiger partial charge >= 0.3 is 0 Å². The number of hydrogen-bond donors (Lipinski definition) is 2. The number of hydrogen-bond acceptors (Lipinski definition) is 7. The van der Waals surface area contributed by atoms with Gasteiger partial charge in [-0.15, -0.1) is 21.5 Å². The number of aryl methyl sites for hydroxylation is 2. The number of amides is 1. The molecule has 0 radical (unpaired) electrons. The van der Waals surface area contributed by atoms with Crippen LogP contribution in [0.2, 0.25) is 0 Å². The van der Waals surface area contributed by atoms with Gasteiger partial charge in [-0.05, 0) is 13.8 Å². The molecule has 24 heavy (non-hydrogen) atoms. The Morgan fingerprint density at radius 1 is 1.46 bits per heavy atom.